The van der Waals surface area contributed by atoms with Gasteiger partial charge in [0.1, 0.15) is 0 Å². The minimum atomic E-state index is -0.887. The number of amides is 1. The molecule has 1 rings (SSSR count). The summed E-state index contributed by atoms with van der Waals surface area (Å²) in [6.45, 7) is 4.66. The van der Waals surface area contributed by atoms with Crippen molar-refractivity contribution in [2.24, 2.45) is 0 Å². The minimum Gasteiger partial charge on any atom is -0.480 e. The third-order valence-electron chi connectivity index (χ3n) is 3.75. The predicted octanol–water partition coefficient (Wildman–Crippen LogP) is 0.336. The molecule has 0 aromatic heterocycles. The minimum absolute atomic E-state index is 0.0599. The van der Waals surface area contributed by atoms with Crippen LogP contribution >= 0.6 is 0 Å². The van der Waals surface area contributed by atoms with Crippen LogP contribution in [0.1, 0.15) is 26.2 Å². The van der Waals surface area contributed by atoms with Gasteiger partial charge >= 0.3 is 5.97 Å². The number of likely N-dealkylation sites (tertiary alicyclic amines) is 1. The Balaban J connectivity index is 2.61. The zero-order chi connectivity index (χ0) is 15.1. The molecule has 20 heavy (non-hydrogen) atoms. The summed E-state index contributed by atoms with van der Waals surface area (Å²) in [5, 5.41) is 9.01. The van der Waals surface area contributed by atoms with Crippen LogP contribution in [0.2, 0.25) is 0 Å². The Morgan fingerprint density at radius 1 is 1.15 bits per heavy atom. The predicted molar refractivity (Wildman–Crippen MR) is 77.7 cm³/mol. The van der Waals surface area contributed by atoms with Gasteiger partial charge in [-0.1, -0.05) is 0 Å². The van der Waals surface area contributed by atoms with Gasteiger partial charge in [0.25, 0.3) is 0 Å². The fraction of sp³-hybridized carbons (Fsp3) is 0.857. The van der Waals surface area contributed by atoms with E-state index in [1.165, 1.54) is 6.42 Å². The van der Waals surface area contributed by atoms with Crippen LogP contribution in [0.4, 0.5) is 0 Å². The first-order chi connectivity index (χ1) is 9.41. The van der Waals surface area contributed by atoms with Crippen molar-refractivity contribution in [2.75, 3.05) is 46.8 Å². The summed E-state index contributed by atoms with van der Waals surface area (Å²) >= 11 is 0. The highest BCUT2D eigenvalue weighted by Crippen LogP contribution is 2.12. The van der Waals surface area contributed by atoms with Gasteiger partial charge in [0.05, 0.1) is 12.6 Å². The molecule has 0 aromatic carbocycles. The van der Waals surface area contributed by atoms with Gasteiger partial charge in [-0.25, -0.2) is 0 Å². The number of hydrogen-bond acceptors (Lipinski definition) is 4. The summed E-state index contributed by atoms with van der Waals surface area (Å²) < 4.78 is 0. The highest BCUT2D eigenvalue weighted by molar-refractivity contribution is 5.82. The molecule has 1 N–H and O–H groups in total. The van der Waals surface area contributed by atoms with Gasteiger partial charge in [-0.2, -0.15) is 0 Å². The summed E-state index contributed by atoms with van der Waals surface area (Å²) in [6.07, 6.45) is 3.28. The fourth-order valence-electron chi connectivity index (χ4n) is 2.45. The van der Waals surface area contributed by atoms with Crippen LogP contribution in [0.15, 0.2) is 0 Å². The lowest BCUT2D eigenvalue weighted by Gasteiger charge is -2.34. The number of carboxylic acids is 1. The van der Waals surface area contributed by atoms with Gasteiger partial charge in [0.15, 0.2) is 0 Å². The van der Waals surface area contributed by atoms with E-state index >= 15 is 0 Å². The molecular formula is C14H27N3O3. The van der Waals surface area contributed by atoms with E-state index in [2.05, 4.69) is 0 Å². The molecule has 1 unspecified atom stereocenters. The number of aliphatic carboxylic acids is 1. The third-order valence-corrected chi connectivity index (χ3v) is 3.75. The number of nitrogens with zero attached hydrogens (tertiary/aromatic N) is 3. The Hall–Kier alpha value is -1.14. The quantitative estimate of drug-likeness (QED) is 0.730. The van der Waals surface area contributed by atoms with Crippen LogP contribution in [-0.4, -0.2) is 84.5 Å². The van der Waals surface area contributed by atoms with Crippen LogP contribution < -0.4 is 0 Å². The summed E-state index contributed by atoms with van der Waals surface area (Å²) in [5.41, 5.74) is 0. The zero-order valence-electron chi connectivity index (χ0n) is 12.8. The summed E-state index contributed by atoms with van der Waals surface area (Å²) in [5.74, 6) is -0.827. The highest BCUT2D eigenvalue weighted by Gasteiger charge is 2.27. The van der Waals surface area contributed by atoms with Gasteiger partial charge in [0, 0.05) is 26.2 Å². The van der Waals surface area contributed by atoms with Crippen LogP contribution in [0.5, 0.6) is 0 Å². The lowest BCUT2D eigenvalue weighted by Crippen LogP contribution is -2.51. The van der Waals surface area contributed by atoms with E-state index < -0.39 is 5.97 Å². The smallest absolute Gasteiger partial charge is 0.317 e. The highest BCUT2D eigenvalue weighted by atomic mass is 16.4. The topological polar surface area (TPSA) is 64.1 Å². The normalized spacial score (nSPS) is 17.6. The second-order valence-electron chi connectivity index (χ2n) is 5.73. The van der Waals surface area contributed by atoms with Crippen LogP contribution in [0.25, 0.3) is 0 Å². The van der Waals surface area contributed by atoms with Crippen molar-refractivity contribution in [3.63, 3.8) is 0 Å². The van der Waals surface area contributed by atoms with Crippen LogP contribution in [-0.2, 0) is 9.59 Å². The summed E-state index contributed by atoms with van der Waals surface area (Å²) in [7, 11) is 3.88. The molecule has 1 saturated heterocycles. The SMILES string of the molecule is CC(C(=O)N1CCCCC1)N(CCN(C)C)CC(=O)O. The van der Waals surface area contributed by atoms with E-state index in [4.69, 9.17) is 5.11 Å². The first-order valence-electron chi connectivity index (χ1n) is 7.31. The molecule has 1 heterocycles. The molecule has 1 fully saturated rings. The van der Waals surface area contributed by atoms with Crippen LogP contribution in [0, 0.1) is 0 Å². The second kappa shape index (κ2) is 8.21. The number of carbonyl (C=O) groups excluding carboxylic acids is 1. The average Bonchev–Trinajstić information content (AvgIpc) is 2.42. The molecule has 6 nitrogen and oxygen atoms in total. The summed E-state index contributed by atoms with van der Waals surface area (Å²) in [4.78, 5) is 29.0. The molecule has 0 saturated carbocycles. The molecule has 116 valence electrons. The van der Waals surface area contributed by atoms with Crippen molar-refractivity contribution >= 4 is 11.9 Å². The van der Waals surface area contributed by atoms with E-state index in [-0.39, 0.29) is 18.5 Å². The molecule has 0 bridgehead atoms. The molecule has 0 radical (unpaired) electrons. The van der Waals surface area contributed by atoms with Gasteiger partial charge in [-0.3, -0.25) is 14.5 Å². The van der Waals surface area contributed by atoms with Crippen molar-refractivity contribution in [1.82, 2.24) is 14.7 Å². The first-order valence-corrected chi connectivity index (χ1v) is 7.31. The van der Waals surface area contributed by atoms with Crippen molar-refractivity contribution in [2.45, 2.75) is 32.2 Å². The van der Waals surface area contributed by atoms with Crippen molar-refractivity contribution < 1.29 is 14.7 Å². The van der Waals surface area contributed by atoms with Crippen molar-refractivity contribution in [3.05, 3.63) is 0 Å². The molecular weight excluding hydrogens is 258 g/mol. The Kier molecular flexibility index (Phi) is 6.95. The maximum atomic E-state index is 12.4. The molecule has 1 aliphatic heterocycles. The lowest BCUT2D eigenvalue weighted by atomic mass is 10.1. The molecule has 1 atom stereocenters. The molecule has 1 amide bonds. The Bertz CT molecular complexity index is 328. The fourth-order valence-corrected chi connectivity index (χ4v) is 2.45. The number of likely N-dealkylation sites (N-methyl/N-ethyl adjacent to an activating group) is 1. The standard InChI is InChI=1S/C14H27N3O3/c1-12(14(20)16-7-5-4-6-8-16)17(11-13(18)19)10-9-15(2)3/h12H,4-11H2,1-3H3,(H,18,19). The van der Waals surface area contributed by atoms with Gasteiger partial charge in [-0.15, -0.1) is 0 Å². The number of piperidine rings is 1. The Morgan fingerprint density at radius 3 is 2.25 bits per heavy atom. The van der Waals surface area contributed by atoms with E-state index in [9.17, 15) is 9.59 Å². The number of carboxylic acid groups (broad SMARTS) is 1. The van der Waals surface area contributed by atoms with E-state index in [1.807, 2.05) is 30.8 Å². The molecule has 0 spiro atoms. The summed E-state index contributed by atoms with van der Waals surface area (Å²) in [6, 6.07) is -0.371. The molecule has 0 aliphatic carbocycles. The maximum Gasteiger partial charge on any atom is 0.317 e. The Morgan fingerprint density at radius 2 is 1.75 bits per heavy atom. The van der Waals surface area contributed by atoms with E-state index in [1.54, 1.807) is 4.90 Å². The van der Waals surface area contributed by atoms with Crippen molar-refractivity contribution in [1.29, 1.82) is 0 Å². The van der Waals surface area contributed by atoms with Gasteiger partial charge < -0.3 is 14.9 Å². The Labute approximate surface area is 121 Å². The second-order valence-corrected chi connectivity index (χ2v) is 5.73. The monoisotopic (exact) mass is 285 g/mol. The van der Waals surface area contributed by atoms with Crippen LogP contribution in [0.3, 0.4) is 0 Å². The van der Waals surface area contributed by atoms with Crippen molar-refractivity contribution in [3.8, 4) is 0 Å². The largest absolute Gasteiger partial charge is 0.480 e. The number of hydrogen-bond donors (Lipinski definition) is 1. The molecule has 1 aliphatic rings. The zero-order valence-corrected chi connectivity index (χ0v) is 12.8. The average molecular weight is 285 g/mol. The van der Waals surface area contributed by atoms with Gasteiger partial charge in [0.2, 0.25) is 5.91 Å². The third kappa shape index (κ3) is 5.46. The number of carbonyl (C=O) groups is 2. The molecule has 6 heteroatoms. The lowest BCUT2D eigenvalue weighted by molar-refractivity contribution is -0.142. The van der Waals surface area contributed by atoms with E-state index in [0.29, 0.717) is 6.54 Å². The molecule has 0 aromatic rings. The van der Waals surface area contributed by atoms with E-state index in [0.717, 1.165) is 32.5 Å². The van der Waals surface area contributed by atoms with Gasteiger partial charge in [-0.05, 0) is 40.3 Å². The number of rotatable bonds is 7. The maximum absolute atomic E-state index is 12.4. The first kappa shape index (κ1) is 16.9.